The lowest BCUT2D eigenvalue weighted by molar-refractivity contribution is 0.328. The summed E-state index contributed by atoms with van der Waals surface area (Å²) in [7, 11) is 0. The zero-order chi connectivity index (χ0) is 13.7. The fourth-order valence-corrected chi connectivity index (χ4v) is 2.95. The van der Waals surface area contributed by atoms with Crippen LogP contribution in [0.4, 0.5) is 11.4 Å². The zero-order valence-corrected chi connectivity index (χ0v) is 11.7. The fraction of sp³-hybridized carbons (Fsp3) is 0.562. The first-order valence-corrected chi connectivity index (χ1v) is 7.22. The number of nitriles is 1. The van der Waals surface area contributed by atoms with Gasteiger partial charge >= 0.3 is 0 Å². The van der Waals surface area contributed by atoms with E-state index in [2.05, 4.69) is 18.3 Å². The first-order chi connectivity index (χ1) is 9.20. The highest BCUT2D eigenvalue weighted by molar-refractivity contribution is 5.58. The van der Waals surface area contributed by atoms with Gasteiger partial charge in [0.05, 0.1) is 12.5 Å². The van der Waals surface area contributed by atoms with E-state index in [0.29, 0.717) is 18.2 Å². The van der Waals surface area contributed by atoms with Gasteiger partial charge in [-0.2, -0.15) is 5.26 Å². The van der Waals surface area contributed by atoms with Crippen LogP contribution in [0.1, 0.15) is 44.6 Å². The molecular weight excluding hydrogens is 234 g/mol. The molecule has 0 bridgehead atoms. The van der Waals surface area contributed by atoms with Crippen molar-refractivity contribution in [2.24, 2.45) is 5.92 Å². The van der Waals surface area contributed by atoms with Gasteiger partial charge in [0.1, 0.15) is 0 Å². The van der Waals surface area contributed by atoms with Crippen molar-refractivity contribution < 1.29 is 0 Å². The summed E-state index contributed by atoms with van der Waals surface area (Å²) in [4.78, 5) is 0. The molecule has 1 aliphatic rings. The summed E-state index contributed by atoms with van der Waals surface area (Å²) in [5.41, 5.74) is 8.58. The van der Waals surface area contributed by atoms with E-state index in [1.54, 1.807) is 0 Å². The third kappa shape index (κ3) is 3.64. The summed E-state index contributed by atoms with van der Waals surface area (Å²) < 4.78 is 0. The molecule has 0 amide bonds. The van der Waals surface area contributed by atoms with Crippen molar-refractivity contribution >= 4 is 11.4 Å². The Morgan fingerprint density at radius 2 is 2.11 bits per heavy atom. The molecule has 0 heterocycles. The standard InChI is InChI=1S/C16H23N3/c1-12(13-5-3-2-4-6-13)19-15-7-8-16(18)14(11-15)9-10-17/h7-8,11-13,19H,2-6,9,18H2,1H3. The molecular formula is C16H23N3. The van der Waals surface area contributed by atoms with Crippen molar-refractivity contribution in [3.63, 3.8) is 0 Å². The Hall–Kier alpha value is -1.69. The highest BCUT2D eigenvalue weighted by atomic mass is 14.9. The molecule has 0 saturated heterocycles. The van der Waals surface area contributed by atoms with Gasteiger partial charge in [-0.05, 0) is 49.4 Å². The Balaban J connectivity index is 2.01. The van der Waals surface area contributed by atoms with Crippen LogP contribution in [0.2, 0.25) is 0 Å². The van der Waals surface area contributed by atoms with Crippen LogP contribution in [-0.4, -0.2) is 6.04 Å². The molecule has 19 heavy (non-hydrogen) atoms. The van der Waals surface area contributed by atoms with Crippen molar-refractivity contribution in [1.82, 2.24) is 0 Å². The highest BCUT2D eigenvalue weighted by Crippen LogP contribution is 2.28. The average Bonchev–Trinajstić information content (AvgIpc) is 2.44. The summed E-state index contributed by atoms with van der Waals surface area (Å²) >= 11 is 0. The van der Waals surface area contributed by atoms with Gasteiger partial charge in [-0.3, -0.25) is 0 Å². The predicted octanol–water partition coefficient (Wildman–Crippen LogP) is 3.72. The lowest BCUT2D eigenvalue weighted by Gasteiger charge is -2.29. The van der Waals surface area contributed by atoms with Crippen molar-refractivity contribution in [3.8, 4) is 6.07 Å². The van der Waals surface area contributed by atoms with E-state index in [-0.39, 0.29) is 0 Å². The molecule has 0 radical (unpaired) electrons. The van der Waals surface area contributed by atoms with E-state index in [1.165, 1.54) is 32.1 Å². The van der Waals surface area contributed by atoms with Crippen LogP contribution >= 0.6 is 0 Å². The maximum atomic E-state index is 8.79. The minimum Gasteiger partial charge on any atom is -0.398 e. The van der Waals surface area contributed by atoms with E-state index >= 15 is 0 Å². The van der Waals surface area contributed by atoms with Gasteiger partial charge in [0, 0.05) is 17.4 Å². The smallest absolute Gasteiger partial charge is 0.0670 e. The summed E-state index contributed by atoms with van der Waals surface area (Å²) in [5, 5.41) is 12.4. The molecule has 0 aliphatic heterocycles. The summed E-state index contributed by atoms with van der Waals surface area (Å²) in [6, 6.07) is 8.56. The number of nitrogens with zero attached hydrogens (tertiary/aromatic N) is 1. The molecule has 1 aromatic rings. The number of anilines is 2. The van der Waals surface area contributed by atoms with Crippen LogP contribution in [0.5, 0.6) is 0 Å². The molecule has 0 spiro atoms. The lowest BCUT2D eigenvalue weighted by Crippen LogP contribution is -2.27. The molecule has 1 unspecified atom stereocenters. The number of hydrogen-bond donors (Lipinski definition) is 2. The van der Waals surface area contributed by atoms with Crippen LogP contribution in [0.3, 0.4) is 0 Å². The molecule has 3 heteroatoms. The predicted molar refractivity (Wildman–Crippen MR) is 79.8 cm³/mol. The van der Waals surface area contributed by atoms with Gasteiger partial charge in [0.25, 0.3) is 0 Å². The molecule has 1 aliphatic carbocycles. The normalized spacial score (nSPS) is 17.7. The van der Waals surface area contributed by atoms with Crippen LogP contribution in [0, 0.1) is 17.2 Å². The van der Waals surface area contributed by atoms with Crippen LogP contribution in [0.15, 0.2) is 18.2 Å². The Kier molecular flexibility index (Phi) is 4.68. The molecule has 1 fully saturated rings. The minimum absolute atomic E-state index is 0.374. The monoisotopic (exact) mass is 257 g/mol. The largest absolute Gasteiger partial charge is 0.398 e. The molecule has 3 nitrogen and oxygen atoms in total. The Morgan fingerprint density at radius 3 is 2.79 bits per heavy atom. The third-order valence-corrected chi connectivity index (χ3v) is 4.16. The fourth-order valence-electron chi connectivity index (χ4n) is 2.95. The average molecular weight is 257 g/mol. The molecule has 3 N–H and O–H groups in total. The van der Waals surface area contributed by atoms with Crippen LogP contribution in [-0.2, 0) is 6.42 Å². The second-order valence-electron chi connectivity index (χ2n) is 5.58. The summed E-state index contributed by atoms with van der Waals surface area (Å²) in [6.45, 7) is 2.26. The zero-order valence-electron chi connectivity index (χ0n) is 11.7. The topological polar surface area (TPSA) is 61.8 Å². The Labute approximate surface area is 115 Å². The molecule has 2 rings (SSSR count). The van der Waals surface area contributed by atoms with Gasteiger partial charge < -0.3 is 11.1 Å². The Bertz CT molecular complexity index is 456. The third-order valence-electron chi connectivity index (χ3n) is 4.16. The van der Waals surface area contributed by atoms with E-state index in [9.17, 15) is 0 Å². The summed E-state index contributed by atoms with van der Waals surface area (Å²) in [6.07, 6.45) is 7.13. The first kappa shape index (κ1) is 13.7. The van der Waals surface area contributed by atoms with Crippen molar-refractivity contribution in [2.75, 3.05) is 11.1 Å². The van der Waals surface area contributed by atoms with Crippen molar-refractivity contribution in [3.05, 3.63) is 23.8 Å². The van der Waals surface area contributed by atoms with Crippen molar-refractivity contribution in [1.29, 1.82) is 5.26 Å². The van der Waals surface area contributed by atoms with Crippen molar-refractivity contribution in [2.45, 2.75) is 51.5 Å². The number of nitrogen functional groups attached to an aromatic ring is 1. The second kappa shape index (κ2) is 6.47. The van der Waals surface area contributed by atoms with E-state index in [1.807, 2.05) is 18.2 Å². The minimum atomic E-state index is 0.374. The number of rotatable bonds is 4. The Morgan fingerprint density at radius 1 is 1.37 bits per heavy atom. The molecule has 0 aromatic heterocycles. The van der Waals surface area contributed by atoms with Gasteiger partial charge in [-0.15, -0.1) is 0 Å². The number of nitrogens with one attached hydrogen (secondary N) is 1. The van der Waals surface area contributed by atoms with E-state index in [4.69, 9.17) is 11.0 Å². The second-order valence-corrected chi connectivity index (χ2v) is 5.58. The number of nitrogens with two attached hydrogens (primary N) is 1. The number of benzene rings is 1. The van der Waals surface area contributed by atoms with E-state index < -0.39 is 0 Å². The maximum absolute atomic E-state index is 8.79. The molecule has 1 aromatic carbocycles. The lowest BCUT2D eigenvalue weighted by atomic mass is 9.84. The molecule has 1 atom stereocenters. The van der Waals surface area contributed by atoms with Gasteiger partial charge in [-0.1, -0.05) is 19.3 Å². The van der Waals surface area contributed by atoms with Gasteiger partial charge in [-0.25, -0.2) is 0 Å². The van der Waals surface area contributed by atoms with Crippen LogP contribution in [0.25, 0.3) is 0 Å². The maximum Gasteiger partial charge on any atom is 0.0670 e. The first-order valence-electron chi connectivity index (χ1n) is 7.22. The quantitative estimate of drug-likeness (QED) is 0.808. The van der Waals surface area contributed by atoms with E-state index in [0.717, 1.165) is 17.2 Å². The van der Waals surface area contributed by atoms with Gasteiger partial charge in [0.15, 0.2) is 0 Å². The van der Waals surface area contributed by atoms with Crippen LogP contribution < -0.4 is 11.1 Å². The summed E-state index contributed by atoms with van der Waals surface area (Å²) in [5.74, 6) is 0.769. The SMILES string of the molecule is CC(Nc1ccc(N)c(CC#N)c1)C1CCCCC1. The van der Waals surface area contributed by atoms with Gasteiger partial charge in [0.2, 0.25) is 0 Å². The highest BCUT2D eigenvalue weighted by Gasteiger charge is 2.19. The molecule has 102 valence electrons. The number of hydrogen-bond acceptors (Lipinski definition) is 3. The molecule has 1 saturated carbocycles.